The van der Waals surface area contributed by atoms with Gasteiger partial charge in [-0.3, -0.25) is 9.69 Å². The molecule has 0 unspecified atom stereocenters. The van der Waals surface area contributed by atoms with Crippen LogP contribution >= 0.6 is 0 Å². The predicted molar refractivity (Wildman–Crippen MR) is 116 cm³/mol. The second-order valence-electron chi connectivity index (χ2n) is 7.85. The monoisotopic (exact) mass is 391 g/mol. The summed E-state index contributed by atoms with van der Waals surface area (Å²) in [6.45, 7) is 6.28. The first kappa shape index (κ1) is 19.5. The maximum absolute atomic E-state index is 13.2. The number of hydrogen-bond donors (Lipinski definition) is 0. The number of aryl methyl sites for hydroxylation is 2. The molecule has 3 aromatic rings. The fourth-order valence-electron chi connectivity index (χ4n) is 4.34. The van der Waals surface area contributed by atoms with E-state index in [1.54, 1.807) is 7.11 Å². The zero-order valence-electron chi connectivity index (χ0n) is 17.5. The number of ether oxygens (including phenoxy) is 1. The van der Waals surface area contributed by atoms with Crippen LogP contribution in [0, 0.1) is 6.92 Å². The van der Waals surface area contributed by atoms with Gasteiger partial charge in [0, 0.05) is 56.9 Å². The second-order valence-corrected chi connectivity index (χ2v) is 7.85. The van der Waals surface area contributed by atoms with Gasteiger partial charge in [-0.25, -0.2) is 0 Å². The number of rotatable bonds is 4. The maximum Gasteiger partial charge on any atom is 0.257 e. The normalized spacial score (nSPS) is 15.5. The zero-order chi connectivity index (χ0) is 20.4. The predicted octanol–water partition coefficient (Wildman–Crippen LogP) is 3.84. The molecule has 0 saturated carbocycles. The Kier molecular flexibility index (Phi) is 5.58. The number of methoxy groups -OCH3 is 1. The van der Waals surface area contributed by atoms with Crippen molar-refractivity contribution in [3.63, 3.8) is 0 Å². The highest BCUT2D eigenvalue weighted by molar-refractivity contribution is 5.97. The zero-order valence-corrected chi connectivity index (χ0v) is 17.5. The van der Waals surface area contributed by atoms with Crippen molar-refractivity contribution < 1.29 is 9.53 Å². The van der Waals surface area contributed by atoms with Crippen LogP contribution in [0.4, 0.5) is 0 Å². The Hall–Kier alpha value is -2.79. The minimum atomic E-state index is 0.0672. The summed E-state index contributed by atoms with van der Waals surface area (Å²) in [7, 11) is 3.72. The van der Waals surface area contributed by atoms with E-state index in [1.807, 2.05) is 30.0 Å². The number of aromatic nitrogens is 1. The molecule has 0 spiro atoms. The molecule has 5 nitrogen and oxygen atoms in total. The molecule has 2 heterocycles. The summed E-state index contributed by atoms with van der Waals surface area (Å²) in [5.41, 5.74) is 4.27. The highest BCUT2D eigenvalue weighted by atomic mass is 16.5. The van der Waals surface area contributed by atoms with Crippen LogP contribution in [0.25, 0.3) is 10.9 Å². The van der Waals surface area contributed by atoms with Crippen molar-refractivity contribution in [3.8, 4) is 5.75 Å². The standard InChI is InChI=1S/C24H29N3O2/c1-18-7-4-9-21(23(18)29-3)24(28)27-13-6-12-26(15-16-27)17-19-8-5-10-22-20(19)11-14-25(22)2/h4-5,7-11,14H,6,12-13,15-17H2,1-3H3. The van der Waals surface area contributed by atoms with E-state index in [4.69, 9.17) is 4.74 Å². The Balaban J connectivity index is 1.47. The van der Waals surface area contributed by atoms with Gasteiger partial charge in [-0.2, -0.15) is 0 Å². The Labute approximate surface area is 172 Å². The van der Waals surface area contributed by atoms with Crippen molar-refractivity contribution in [2.75, 3.05) is 33.3 Å². The van der Waals surface area contributed by atoms with Gasteiger partial charge in [-0.15, -0.1) is 0 Å². The summed E-state index contributed by atoms with van der Waals surface area (Å²) >= 11 is 0. The molecule has 0 radical (unpaired) electrons. The maximum atomic E-state index is 13.2. The van der Waals surface area contributed by atoms with Crippen LogP contribution in [0.5, 0.6) is 5.75 Å². The van der Waals surface area contributed by atoms with E-state index in [1.165, 1.54) is 16.5 Å². The van der Waals surface area contributed by atoms with Gasteiger partial charge in [0.05, 0.1) is 12.7 Å². The molecule has 1 aromatic heterocycles. The number of hydrogen-bond acceptors (Lipinski definition) is 3. The Bertz CT molecular complexity index is 1020. The molecule has 0 aliphatic carbocycles. The van der Waals surface area contributed by atoms with Crippen molar-refractivity contribution >= 4 is 16.8 Å². The second kappa shape index (κ2) is 8.29. The quantitative estimate of drug-likeness (QED) is 0.678. The molecule has 1 aliphatic rings. The number of nitrogens with zero attached hydrogens (tertiary/aromatic N) is 3. The fourth-order valence-corrected chi connectivity index (χ4v) is 4.34. The molecule has 0 atom stereocenters. The van der Waals surface area contributed by atoms with Crippen molar-refractivity contribution in [1.29, 1.82) is 0 Å². The van der Waals surface area contributed by atoms with Crippen LogP contribution in [-0.2, 0) is 13.6 Å². The Morgan fingerprint density at radius 3 is 2.69 bits per heavy atom. The summed E-state index contributed by atoms with van der Waals surface area (Å²) in [6, 6.07) is 14.5. The lowest BCUT2D eigenvalue weighted by atomic mass is 10.1. The lowest BCUT2D eigenvalue weighted by Gasteiger charge is -2.23. The van der Waals surface area contributed by atoms with E-state index < -0.39 is 0 Å². The summed E-state index contributed by atoms with van der Waals surface area (Å²) in [5.74, 6) is 0.756. The molecule has 4 rings (SSSR count). The van der Waals surface area contributed by atoms with Crippen LogP contribution in [0.2, 0.25) is 0 Å². The van der Waals surface area contributed by atoms with E-state index in [9.17, 15) is 4.79 Å². The van der Waals surface area contributed by atoms with E-state index in [-0.39, 0.29) is 5.91 Å². The average Bonchev–Trinajstić information content (AvgIpc) is 2.96. The molecule has 1 aliphatic heterocycles. The SMILES string of the molecule is COc1c(C)cccc1C(=O)N1CCCN(Cc2cccc3c2ccn3C)CC1. The van der Waals surface area contributed by atoms with E-state index in [0.29, 0.717) is 11.3 Å². The number of amides is 1. The molecule has 5 heteroatoms. The fraction of sp³-hybridized carbons (Fsp3) is 0.375. The minimum absolute atomic E-state index is 0.0672. The van der Waals surface area contributed by atoms with Crippen LogP contribution in [0.1, 0.15) is 27.9 Å². The first-order chi connectivity index (χ1) is 14.1. The van der Waals surface area contributed by atoms with Gasteiger partial charge in [0.15, 0.2) is 0 Å². The summed E-state index contributed by atoms with van der Waals surface area (Å²) < 4.78 is 7.67. The highest BCUT2D eigenvalue weighted by Crippen LogP contribution is 2.25. The third-order valence-electron chi connectivity index (χ3n) is 5.93. The van der Waals surface area contributed by atoms with Crippen molar-refractivity contribution in [2.45, 2.75) is 19.9 Å². The minimum Gasteiger partial charge on any atom is -0.496 e. The van der Waals surface area contributed by atoms with Crippen LogP contribution in [0.3, 0.4) is 0 Å². The van der Waals surface area contributed by atoms with Gasteiger partial charge in [0.25, 0.3) is 5.91 Å². The molecular formula is C24H29N3O2. The highest BCUT2D eigenvalue weighted by Gasteiger charge is 2.23. The van der Waals surface area contributed by atoms with E-state index >= 15 is 0 Å². The van der Waals surface area contributed by atoms with Crippen LogP contribution in [-0.4, -0.2) is 53.6 Å². The van der Waals surface area contributed by atoms with Gasteiger partial charge in [-0.1, -0.05) is 24.3 Å². The van der Waals surface area contributed by atoms with E-state index in [2.05, 4.69) is 47.0 Å². The smallest absolute Gasteiger partial charge is 0.257 e. The molecule has 0 bridgehead atoms. The van der Waals surface area contributed by atoms with Gasteiger partial charge in [0.2, 0.25) is 0 Å². The molecule has 2 aromatic carbocycles. The number of carbonyl (C=O) groups excluding carboxylic acids is 1. The number of fused-ring (bicyclic) bond motifs is 1. The summed E-state index contributed by atoms with van der Waals surface area (Å²) in [6.07, 6.45) is 3.09. The van der Waals surface area contributed by atoms with Gasteiger partial charge in [-0.05, 0) is 42.7 Å². The summed E-state index contributed by atoms with van der Waals surface area (Å²) in [5, 5.41) is 1.32. The topological polar surface area (TPSA) is 37.7 Å². The number of para-hydroxylation sites is 1. The van der Waals surface area contributed by atoms with Crippen molar-refractivity contribution in [3.05, 3.63) is 65.4 Å². The summed E-state index contributed by atoms with van der Waals surface area (Å²) in [4.78, 5) is 17.6. The van der Waals surface area contributed by atoms with Crippen molar-refractivity contribution in [1.82, 2.24) is 14.4 Å². The lowest BCUT2D eigenvalue weighted by Crippen LogP contribution is -2.35. The third kappa shape index (κ3) is 3.87. The first-order valence-corrected chi connectivity index (χ1v) is 10.3. The lowest BCUT2D eigenvalue weighted by molar-refractivity contribution is 0.0757. The largest absolute Gasteiger partial charge is 0.496 e. The Morgan fingerprint density at radius 1 is 1.03 bits per heavy atom. The van der Waals surface area contributed by atoms with Gasteiger partial charge < -0.3 is 14.2 Å². The van der Waals surface area contributed by atoms with Crippen LogP contribution < -0.4 is 4.74 Å². The molecule has 1 saturated heterocycles. The Morgan fingerprint density at radius 2 is 1.86 bits per heavy atom. The third-order valence-corrected chi connectivity index (χ3v) is 5.93. The molecule has 1 amide bonds. The molecule has 1 fully saturated rings. The van der Waals surface area contributed by atoms with Crippen molar-refractivity contribution in [2.24, 2.45) is 7.05 Å². The average molecular weight is 392 g/mol. The molecule has 152 valence electrons. The molecule has 29 heavy (non-hydrogen) atoms. The first-order valence-electron chi connectivity index (χ1n) is 10.3. The molecule has 0 N–H and O–H groups in total. The van der Waals surface area contributed by atoms with E-state index in [0.717, 1.165) is 44.7 Å². The molecular weight excluding hydrogens is 362 g/mol. The number of carbonyl (C=O) groups is 1. The number of benzene rings is 2. The van der Waals surface area contributed by atoms with Gasteiger partial charge in [0.1, 0.15) is 5.75 Å². The van der Waals surface area contributed by atoms with Gasteiger partial charge >= 0.3 is 0 Å². The van der Waals surface area contributed by atoms with Crippen LogP contribution in [0.15, 0.2) is 48.7 Å².